The second kappa shape index (κ2) is 8.84. The molecule has 164 valence electrons. The van der Waals surface area contributed by atoms with E-state index in [1.54, 1.807) is 0 Å². The monoisotopic (exact) mass is 446 g/mol. The second-order valence-electron chi connectivity index (χ2n) is 7.29. The third-order valence-corrected chi connectivity index (χ3v) is 5.86. The summed E-state index contributed by atoms with van der Waals surface area (Å²) in [6, 6.07) is 11.6. The van der Waals surface area contributed by atoms with Gasteiger partial charge in [-0.25, -0.2) is 12.8 Å². The van der Waals surface area contributed by atoms with E-state index in [1.807, 2.05) is 31.2 Å². The molecule has 0 N–H and O–H groups in total. The number of benzene rings is 2. The van der Waals surface area contributed by atoms with Crippen molar-refractivity contribution >= 4 is 21.6 Å². The summed E-state index contributed by atoms with van der Waals surface area (Å²) in [5.74, 6) is -0.514. The van der Waals surface area contributed by atoms with Crippen LogP contribution < -0.4 is 4.31 Å². The molecule has 0 bridgehead atoms. The Bertz CT molecular complexity index is 1200. The first-order chi connectivity index (χ1) is 14.6. The SMILES string of the molecule is Cc1cccc(-c2noc(CN(C)C(=O)[C@@H](C)N(c3cccc(F)c3)S(C)(=O)=O)n2)c1. The molecule has 0 unspecified atom stereocenters. The van der Waals surface area contributed by atoms with Gasteiger partial charge in [0.2, 0.25) is 27.6 Å². The Kier molecular flexibility index (Phi) is 6.40. The summed E-state index contributed by atoms with van der Waals surface area (Å²) >= 11 is 0. The van der Waals surface area contributed by atoms with Gasteiger partial charge >= 0.3 is 0 Å². The van der Waals surface area contributed by atoms with Crippen LogP contribution in [0, 0.1) is 12.7 Å². The van der Waals surface area contributed by atoms with Crippen molar-refractivity contribution < 1.29 is 22.1 Å². The normalized spacial score (nSPS) is 12.4. The number of halogens is 1. The number of hydrogen-bond donors (Lipinski definition) is 0. The molecular formula is C21H23FN4O4S. The van der Waals surface area contributed by atoms with Crippen LogP contribution in [0.15, 0.2) is 53.1 Å². The Morgan fingerprint density at radius 3 is 2.55 bits per heavy atom. The van der Waals surface area contributed by atoms with Crippen molar-refractivity contribution in [1.29, 1.82) is 0 Å². The zero-order valence-electron chi connectivity index (χ0n) is 17.6. The number of amides is 1. The first-order valence-corrected chi connectivity index (χ1v) is 11.3. The molecule has 31 heavy (non-hydrogen) atoms. The molecular weight excluding hydrogens is 423 g/mol. The lowest BCUT2D eigenvalue weighted by Crippen LogP contribution is -2.48. The highest BCUT2D eigenvalue weighted by Gasteiger charge is 2.31. The van der Waals surface area contributed by atoms with Gasteiger partial charge in [0.25, 0.3) is 0 Å². The number of likely N-dealkylation sites (N-methyl/N-ethyl adjacent to an activating group) is 1. The van der Waals surface area contributed by atoms with E-state index in [-0.39, 0.29) is 18.1 Å². The van der Waals surface area contributed by atoms with Crippen LogP contribution in [-0.4, -0.2) is 48.7 Å². The number of nitrogens with zero attached hydrogens (tertiary/aromatic N) is 4. The fourth-order valence-corrected chi connectivity index (χ4v) is 4.40. The number of sulfonamides is 1. The molecule has 1 heterocycles. The first-order valence-electron chi connectivity index (χ1n) is 9.46. The van der Waals surface area contributed by atoms with Gasteiger partial charge in [0.15, 0.2) is 0 Å². The molecule has 0 fully saturated rings. The average Bonchev–Trinajstić information content (AvgIpc) is 3.15. The molecule has 1 amide bonds. The van der Waals surface area contributed by atoms with E-state index in [2.05, 4.69) is 10.1 Å². The van der Waals surface area contributed by atoms with E-state index in [1.165, 1.54) is 37.1 Å². The number of rotatable bonds is 7. The van der Waals surface area contributed by atoms with Gasteiger partial charge in [-0.3, -0.25) is 9.10 Å². The van der Waals surface area contributed by atoms with E-state index in [9.17, 15) is 17.6 Å². The molecule has 0 saturated heterocycles. The highest BCUT2D eigenvalue weighted by molar-refractivity contribution is 7.92. The van der Waals surface area contributed by atoms with Gasteiger partial charge in [-0.05, 0) is 38.1 Å². The number of hydrogen-bond acceptors (Lipinski definition) is 6. The quantitative estimate of drug-likeness (QED) is 0.554. The number of carbonyl (C=O) groups excluding carboxylic acids is 1. The molecule has 0 aliphatic rings. The largest absolute Gasteiger partial charge is 0.337 e. The Balaban J connectivity index is 1.78. The zero-order valence-corrected chi connectivity index (χ0v) is 18.4. The molecule has 1 aromatic heterocycles. The Labute approximate surface area is 180 Å². The number of aryl methyl sites for hydroxylation is 1. The van der Waals surface area contributed by atoms with E-state index in [4.69, 9.17) is 4.52 Å². The Morgan fingerprint density at radius 2 is 1.90 bits per heavy atom. The minimum Gasteiger partial charge on any atom is -0.337 e. The van der Waals surface area contributed by atoms with Crippen LogP contribution in [0.2, 0.25) is 0 Å². The van der Waals surface area contributed by atoms with Crippen LogP contribution in [0.3, 0.4) is 0 Å². The van der Waals surface area contributed by atoms with Gasteiger partial charge in [-0.2, -0.15) is 4.98 Å². The molecule has 2 aromatic carbocycles. The highest BCUT2D eigenvalue weighted by Crippen LogP contribution is 2.23. The molecule has 3 rings (SSSR count). The van der Waals surface area contributed by atoms with Crippen molar-refractivity contribution in [3.63, 3.8) is 0 Å². The fraction of sp³-hybridized carbons (Fsp3) is 0.286. The highest BCUT2D eigenvalue weighted by atomic mass is 32.2. The van der Waals surface area contributed by atoms with Gasteiger partial charge in [0.05, 0.1) is 18.5 Å². The Hall–Kier alpha value is -3.27. The summed E-state index contributed by atoms with van der Waals surface area (Å²) in [5.41, 5.74) is 1.89. The third-order valence-electron chi connectivity index (χ3n) is 4.62. The summed E-state index contributed by atoms with van der Waals surface area (Å²) in [6.45, 7) is 3.38. The standard InChI is InChI=1S/C21H23FN4O4S/c1-14-7-5-8-16(11-14)20-23-19(30-24-20)13-25(3)21(27)15(2)26(31(4,28)29)18-10-6-9-17(22)12-18/h5-12,15H,13H2,1-4H3/t15-/m1/s1. The molecule has 0 spiro atoms. The molecule has 0 aliphatic heterocycles. The van der Waals surface area contributed by atoms with Crippen molar-refractivity contribution in [2.45, 2.75) is 26.4 Å². The summed E-state index contributed by atoms with van der Waals surface area (Å²) in [4.78, 5) is 18.6. The van der Waals surface area contributed by atoms with E-state index in [0.29, 0.717) is 5.82 Å². The zero-order chi connectivity index (χ0) is 22.8. The predicted molar refractivity (Wildman–Crippen MR) is 114 cm³/mol. The summed E-state index contributed by atoms with van der Waals surface area (Å²) in [7, 11) is -2.35. The number of aromatic nitrogens is 2. The summed E-state index contributed by atoms with van der Waals surface area (Å²) in [6.07, 6.45) is 0.966. The van der Waals surface area contributed by atoms with Crippen LogP contribution in [0.5, 0.6) is 0 Å². The van der Waals surface area contributed by atoms with Gasteiger partial charge < -0.3 is 9.42 Å². The van der Waals surface area contributed by atoms with Gasteiger partial charge in [-0.1, -0.05) is 35.0 Å². The van der Waals surface area contributed by atoms with Crippen molar-refractivity contribution in [1.82, 2.24) is 15.0 Å². The first kappa shape index (κ1) is 22.4. The lowest BCUT2D eigenvalue weighted by molar-refractivity contribution is -0.131. The second-order valence-corrected chi connectivity index (χ2v) is 9.15. The van der Waals surface area contributed by atoms with Gasteiger partial charge in [0, 0.05) is 12.6 Å². The van der Waals surface area contributed by atoms with Crippen LogP contribution in [0.1, 0.15) is 18.4 Å². The smallest absolute Gasteiger partial charge is 0.246 e. The lowest BCUT2D eigenvalue weighted by Gasteiger charge is -2.30. The van der Waals surface area contributed by atoms with Crippen molar-refractivity contribution in [3.8, 4) is 11.4 Å². The molecule has 3 aromatic rings. The van der Waals surface area contributed by atoms with Crippen molar-refractivity contribution in [3.05, 3.63) is 65.8 Å². The molecule has 0 aliphatic carbocycles. The van der Waals surface area contributed by atoms with Crippen LogP contribution in [0.4, 0.5) is 10.1 Å². The van der Waals surface area contributed by atoms with E-state index >= 15 is 0 Å². The Morgan fingerprint density at radius 1 is 1.19 bits per heavy atom. The van der Waals surface area contributed by atoms with Gasteiger partial charge in [-0.15, -0.1) is 0 Å². The maximum absolute atomic E-state index is 13.6. The van der Waals surface area contributed by atoms with Gasteiger partial charge in [0.1, 0.15) is 11.9 Å². The molecule has 0 saturated carbocycles. The average molecular weight is 447 g/mol. The van der Waals surface area contributed by atoms with Crippen LogP contribution in [0.25, 0.3) is 11.4 Å². The minimum absolute atomic E-state index is 0.0112. The number of carbonyl (C=O) groups is 1. The van der Waals surface area contributed by atoms with Crippen LogP contribution in [-0.2, 0) is 21.4 Å². The van der Waals surface area contributed by atoms with Crippen molar-refractivity contribution in [2.75, 3.05) is 17.6 Å². The third kappa shape index (κ3) is 5.26. The number of anilines is 1. The summed E-state index contributed by atoms with van der Waals surface area (Å²) in [5, 5.41) is 3.94. The summed E-state index contributed by atoms with van der Waals surface area (Å²) < 4.78 is 44.5. The topological polar surface area (TPSA) is 96.6 Å². The molecule has 0 radical (unpaired) electrons. The lowest BCUT2D eigenvalue weighted by atomic mass is 10.1. The molecule has 1 atom stereocenters. The van der Waals surface area contributed by atoms with E-state index in [0.717, 1.165) is 27.8 Å². The van der Waals surface area contributed by atoms with E-state index < -0.39 is 27.8 Å². The maximum Gasteiger partial charge on any atom is 0.246 e. The fourth-order valence-electron chi connectivity index (χ4n) is 3.24. The molecule has 10 heteroatoms. The minimum atomic E-state index is -3.85. The molecule has 8 nitrogen and oxygen atoms in total. The van der Waals surface area contributed by atoms with Crippen LogP contribution >= 0.6 is 0 Å². The maximum atomic E-state index is 13.6. The van der Waals surface area contributed by atoms with Crippen molar-refractivity contribution in [2.24, 2.45) is 0 Å². The predicted octanol–water partition coefficient (Wildman–Crippen LogP) is 3.00.